The van der Waals surface area contributed by atoms with Crippen LogP contribution in [0, 0.1) is 23.5 Å². The molecule has 0 aliphatic carbocycles. The molecule has 0 spiro atoms. The van der Waals surface area contributed by atoms with Gasteiger partial charge in [-0.25, -0.2) is 17.2 Å². The van der Waals surface area contributed by atoms with Crippen LogP contribution in [-0.2, 0) is 10.0 Å². The van der Waals surface area contributed by atoms with Crippen LogP contribution in [0.3, 0.4) is 0 Å². The maximum atomic E-state index is 13.9. The van der Waals surface area contributed by atoms with Crippen LogP contribution in [0.5, 0.6) is 0 Å². The van der Waals surface area contributed by atoms with Gasteiger partial charge in [-0.1, -0.05) is 13.0 Å². The largest absolute Gasteiger partial charge is 0.316 e. The van der Waals surface area contributed by atoms with Gasteiger partial charge in [0.05, 0.1) is 0 Å². The molecular formula is C14H18F2N2O2S. The summed E-state index contributed by atoms with van der Waals surface area (Å²) in [4.78, 5) is -0.823. The second kappa shape index (κ2) is 5.30. The minimum absolute atomic E-state index is 0.200. The van der Waals surface area contributed by atoms with Crippen molar-refractivity contribution in [2.75, 3.05) is 19.6 Å². The maximum absolute atomic E-state index is 13.9. The highest BCUT2D eigenvalue weighted by Crippen LogP contribution is 2.38. The number of hydrogen-bond donors (Lipinski definition) is 1. The van der Waals surface area contributed by atoms with Crippen LogP contribution in [0.1, 0.15) is 13.3 Å². The summed E-state index contributed by atoms with van der Waals surface area (Å²) in [7, 11) is -4.15. The van der Waals surface area contributed by atoms with E-state index >= 15 is 0 Å². The molecule has 3 atom stereocenters. The predicted molar refractivity (Wildman–Crippen MR) is 74.2 cm³/mol. The van der Waals surface area contributed by atoms with E-state index in [9.17, 15) is 17.2 Å². The third-order valence-electron chi connectivity index (χ3n) is 4.57. The molecule has 116 valence electrons. The van der Waals surface area contributed by atoms with E-state index in [1.165, 1.54) is 10.4 Å². The van der Waals surface area contributed by atoms with Gasteiger partial charge in [0.1, 0.15) is 11.6 Å². The van der Waals surface area contributed by atoms with E-state index in [1.807, 2.05) is 6.92 Å². The van der Waals surface area contributed by atoms with Gasteiger partial charge in [0.2, 0.25) is 10.0 Å². The molecule has 2 fully saturated rings. The highest BCUT2D eigenvalue weighted by Gasteiger charge is 2.49. The first-order valence-electron chi connectivity index (χ1n) is 7.13. The minimum atomic E-state index is -4.15. The first-order chi connectivity index (χ1) is 9.96. The molecule has 2 aliphatic heterocycles. The molecule has 4 nitrogen and oxygen atoms in total. The lowest BCUT2D eigenvalue weighted by Gasteiger charge is -2.26. The van der Waals surface area contributed by atoms with E-state index in [-0.39, 0.29) is 17.9 Å². The summed E-state index contributed by atoms with van der Waals surface area (Å²) in [6.45, 7) is 3.75. The van der Waals surface area contributed by atoms with Crippen LogP contribution in [-0.4, -0.2) is 38.4 Å². The van der Waals surface area contributed by atoms with E-state index in [1.54, 1.807) is 0 Å². The summed E-state index contributed by atoms with van der Waals surface area (Å²) in [6.07, 6.45) is 0.637. The van der Waals surface area contributed by atoms with Crippen LogP contribution in [0.25, 0.3) is 0 Å². The van der Waals surface area contributed by atoms with Crippen LogP contribution < -0.4 is 5.32 Å². The molecule has 1 aromatic rings. The molecule has 2 aliphatic rings. The molecule has 0 amide bonds. The smallest absolute Gasteiger partial charge is 0.249 e. The Morgan fingerprint density at radius 1 is 1.29 bits per heavy atom. The van der Waals surface area contributed by atoms with E-state index in [0.29, 0.717) is 13.0 Å². The minimum Gasteiger partial charge on any atom is -0.316 e. The van der Waals surface area contributed by atoms with E-state index < -0.39 is 26.6 Å². The molecule has 3 unspecified atom stereocenters. The summed E-state index contributed by atoms with van der Waals surface area (Å²) < 4.78 is 54.4. The van der Waals surface area contributed by atoms with Crippen LogP contribution >= 0.6 is 0 Å². The zero-order valence-corrected chi connectivity index (χ0v) is 12.5. The Morgan fingerprint density at radius 2 is 1.95 bits per heavy atom. The summed E-state index contributed by atoms with van der Waals surface area (Å²) in [5.74, 6) is -1.61. The van der Waals surface area contributed by atoms with E-state index in [0.717, 1.165) is 25.2 Å². The average Bonchev–Trinajstić information content (AvgIpc) is 2.97. The van der Waals surface area contributed by atoms with Gasteiger partial charge >= 0.3 is 0 Å². The van der Waals surface area contributed by atoms with E-state index in [2.05, 4.69) is 5.32 Å². The fourth-order valence-electron chi connectivity index (χ4n) is 3.61. The number of halogens is 2. The standard InChI is InChI=1S/C14H18F2N2O2S/c1-2-13-10-7-17-6-9(10)8-18(13)21(19,20)14-11(15)4-3-5-12(14)16/h3-5,9-10,13,17H,2,6-8H2,1H3. The third kappa shape index (κ3) is 2.27. The molecule has 3 rings (SSSR count). The Morgan fingerprint density at radius 3 is 2.57 bits per heavy atom. The van der Waals surface area contributed by atoms with Crippen molar-refractivity contribution in [3.8, 4) is 0 Å². The molecule has 21 heavy (non-hydrogen) atoms. The number of benzene rings is 1. The van der Waals surface area contributed by atoms with Crippen LogP contribution in [0.15, 0.2) is 23.1 Å². The topological polar surface area (TPSA) is 49.4 Å². The van der Waals surface area contributed by atoms with Crippen molar-refractivity contribution >= 4 is 10.0 Å². The van der Waals surface area contributed by atoms with Gasteiger partial charge in [0, 0.05) is 12.6 Å². The monoisotopic (exact) mass is 316 g/mol. The Hall–Kier alpha value is -1.05. The number of nitrogens with one attached hydrogen (secondary N) is 1. The SMILES string of the molecule is CCC1C2CNCC2CN1S(=O)(=O)c1c(F)cccc1F. The lowest BCUT2D eigenvalue weighted by atomic mass is 9.93. The summed E-state index contributed by atoms with van der Waals surface area (Å²) in [5, 5.41) is 3.25. The van der Waals surface area contributed by atoms with Crippen molar-refractivity contribution in [1.82, 2.24) is 9.62 Å². The molecule has 1 aromatic carbocycles. The highest BCUT2D eigenvalue weighted by atomic mass is 32.2. The molecule has 0 saturated carbocycles. The van der Waals surface area contributed by atoms with E-state index in [4.69, 9.17) is 0 Å². The Labute approximate surface area is 123 Å². The third-order valence-corrected chi connectivity index (χ3v) is 6.52. The zero-order valence-electron chi connectivity index (χ0n) is 11.7. The van der Waals surface area contributed by atoms with Crippen LogP contribution in [0.4, 0.5) is 8.78 Å². The lowest BCUT2D eigenvalue weighted by molar-refractivity contribution is 0.326. The van der Waals surface area contributed by atoms with Crippen molar-refractivity contribution in [3.63, 3.8) is 0 Å². The van der Waals surface area contributed by atoms with Gasteiger partial charge in [-0.15, -0.1) is 0 Å². The molecular weight excluding hydrogens is 298 g/mol. The number of nitrogens with zero attached hydrogens (tertiary/aromatic N) is 1. The van der Waals surface area contributed by atoms with Gasteiger partial charge in [-0.05, 0) is 43.5 Å². The molecule has 0 bridgehead atoms. The average molecular weight is 316 g/mol. The second-order valence-corrected chi connectivity index (χ2v) is 7.51. The van der Waals surface area contributed by atoms with Gasteiger partial charge < -0.3 is 5.32 Å². The molecule has 7 heteroatoms. The quantitative estimate of drug-likeness (QED) is 0.921. The Kier molecular flexibility index (Phi) is 3.75. The van der Waals surface area contributed by atoms with Gasteiger partial charge in [-0.2, -0.15) is 4.31 Å². The van der Waals surface area contributed by atoms with Crippen molar-refractivity contribution in [3.05, 3.63) is 29.8 Å². The number of fused-ring (bicyclic) bond motifs is 1. The Bertz CT molecular complexity index is 630. The van der Waals surface area contributed by atoms with Gasteiger partial charge in [-0.3, -0.25) is 0 Å². The second-order valence-electron chi connectivity index (χ2n) is 5.68. The van der Waals surface area contributed by atoms with Crippen molar-refractivity contribution < 1.29 is 17.2 Å². The number of sulfonamides is 1. The molecule has 1 N–H and O–H groups in total. The maximum Gasteiger partial charge on any atom is 0.249 e. The highest BCUT2D eigenvalue weighted by molar-refractivity contribution is 7.89. The molecule has 0 aromatic heterocycles. The normalized spacial score (nSPS) is 29.8. The lowest BCUT2D eigenvalue weighted by Crippen LogP contribution is -2.40. The first-order valence-corrected chi connectivity index (χ1v) is 8.57. The number of rotatable bonds is 3. The first kappa shape index (κ1) is 14.9. The van der Waals surface area contributed by atoms with Crippen molar-refractivity contribution in [1.29, 1.82) is 0 Å². The molecule has 2 heterocycles. The number of hydrogen-bond acceptors (Lipinski definition) is 3. The van der Waals surface area contributed by atoms with Crippen LogP contribution in [0.2, 0.25) is 0 Å². The van der Waals surface area contributed by atoms with Crippen molar-refractivity contribution in [2.24, 2.45) is 11.8 Å². The van der Waals surface area contributed by atoms with Crippen molar-refractivity contribution in [2.45, 2.75) is 24.3 Å². The van der Waals surface area contributed by atoms with Gasteiger partial charge in [0.15, 0.2) is 4.90 Å². The van der Waals surface area contributed by atoms with Gasteiger partial charge in [0.25, 0.3) is 0 Å². The fourth-order valence-corrected chi connectivity index (χ4v) is 5.53. The molecule has 0 radical (unpaired) electrons. The zero-order chi connectivity index (χ0) is 15.2. The summed E-state index contributed by atoms with van der Waals surface area (Å²) in [6, 6.07) is 2.93. The summed E-state index contributed by atoms with van der Waals surface area (Å²) in [5.41, 5.74) is 0. The Balaban J connectivity index is 2.03. The summed E-state index contributed by atoms with van der Waals surface area (Å²) >= 11 is 0. The fraction of sp³-hybridized carbons (Fsp3) is 0.571. The molecule has 2 saturated heterocycles. The predicted octanol–water partition coefficient (Wildman–Crippen LogP) is 1.58.